The lowest BCUT2D eigenvalue weighted by Crippen LogP contribution is -2.41. The minimum Gasteiger partial charge on any atom is -0.493 e. The van der Waals surface area contributed by atoms with Gasteiger partial charge in [-0.2, -0.15) is 0 Å². The molecule has 0 bridgehead atoms. The molecule has 0 saturated carbocycles. The second-order valence-electron chi connectivity index (χ2n) is 8.47. The first-order valence-electron chi connectivity index (χ1n) is 10.4. The second-order valence-corrected chi connectivity index (χ2v) is 8.47. The van der Waals surface area contributed by atoms with Gasteiger partial charge < -0.3 is 28.4 Å². The van der Waals surface area contributed by atoms with E-state index < -0.39 is 11.4 Å². The van der Waals surface area contributed by atoms with Crippen molar-refractivity contribution in [3.63, 3.8) is 0 Å². The molecule has 3 atom stereocenters. The van der Waals surface area contributed by atoms with Crippen LogP contribution in [0.5, 0.6) is 28.7 Å². The molecule has 3 aliphatic rings. The molecule has 2 aromatic rings. The maximum absolute atomic E-state index is 13.1. The monoisotopic (exact) mass is 440 g/mol. The Morgan fingerprint density at radius 1 is 1.03 bits per heavy atom. The van der Waals surface area contributed by atoms with Crippen molar-refractivity contribution in [2.45, 2.75) is 26.2 Å². The summed E-state index contributed by atoms with van der Waals surface area (Å²) in [6.45, 7) is 3.79. The van der Waals surface area contributed by atoms with Gasteiger partial charge in [-0.25, -0.2) is 0 Å². The number of hydrogen-bond acceptors (Lipinski definition) is 8. The summed E-state index contributed by atoms with van der Waals surface area (Å²) in [6, 6.07) is 7.53. The van der Waals surface area contributed by atoms with Crippen molar-refractivity contribution < 1.29 is 38.0 Å². The molecule has 5 rings (SSSR count). The lowest BCUT2D eigenvalue weighted by molar-refractivity contribution is -0.146. The quantitative estimate of drug-likeness (QED) is 0.529. The van der Waals surface area contributed by atoms with Crippen LogP contribution < -0.4 is 23.7 Å². The molecule has 0 amide bonds. The average Bonchev–Trinajstić information content (AvgIpc) is 3.34. The van der Waals surface area contributed by atoms with Gasteiger partial charge in [0.15, 0.2) is 23.0 Å². The second kappa shape index (κ2) is 7.32. The van der Waals surface area contributed by atoms with Gasteiger partial charge in [-0.05, 0) is 54.3 Å². The smallest absolute Gasteiger partial charge is 0.313 e. The van der Waals surface area contributed by atoms with Crippen molar-refractivity contribution in [1.29, 1.82) is 0 Å². The van der Waals surface area contributed by atoms with E-state index in [0.717, 1.165) is 16.7 Å². The fourth-order valence-corrected chi connectivity index (χ4v) is 5.17. The van der Waals surface area contributed by atoms with Crippen LogP contribution in [-0.2, 0) is 20.7 Å². The lowest BCUT2D eigenvalue weighted by atomic mass is 9.58. The molecule has 168 valence electrons. The number of methoxy groups -OCH3 is 2. The van der Waals surface area contributed by atoms with Crippen LogP contribution in [0.2, 0.25) is 0 Å². The van der Waals surface area contributed by atoms with E-state index >= 15 is 0 Å². The van der Waals surface area contributed by atoms with E-state index in [0.29, 0.717) is 36.0 Å². The van der Waals surface area contributed by atoms with Crippen LogP contribution in [-0.4, -0.2) is 39.6 Å². The van der Waals surface area contributed by atoms with Crippen LogP contribution in [0.15, 0.2) is 24.3 Å². The molecule has 32 heavy (non-hydrogen) atoms. The number of ether oxygens (including phenoxy) is 6. The van der Waals surface area contributed by atoms with Gasteiger partial charge in [-0.15, -0.1) is 0 Å². The Kier molecular flexibility index (Phi) is 4.69. The molecule has 0 spiro atoms. The molecule has 1 fully saturated rings. The molecule has 2 aliphatic heterocycles. The van der Waals surface area contributed by atoms with Crippen molar-refractivity contribution in [2.75, 3.05) is 27.6 Å². The van der Waals surface area contributed by atoms with Crippen molar-refractivity contribution in [1.82, 2.24) is 0 Å². The third-order valence-electron chi connectivity index (χ3n) is 6.78. The first-order valence-corrected chi connectivity index (χ1v) is 10.4. The highest BCUT2D eigenvalue weighted by Gasteiger charge is 2.57. The predicted octanol–water partition coefficient (Wildman–Crippen LogP) is 3.23. The van der Waals surface area contributed by atoms with E-state index in [1.165, 1.54) is 21.1 Å². The van der Waals surface area contributed by atoms with E-state index in [2.05, 4.69) is 0 Å². The molecule has 2 heterocycles. The zero-order chi connectivity index (χ0) is 22.6. The van der Waals surface area contributed by atoms with Gasteiger partial charge in [-0.1, -0.05) is 0 Å². The van der Waals surface area contributed by atoms with Gasteiger partial charge in [0.05, 0.1) is 26.2 Å². The maximum Gasteiger partial charge on any atom is 0.313 e. The third-order valence-corrected chi connectivity index (χ3v) is 6.78. The summed E-state index contributed by atoms with van der Waals surface area (Å²) in [5, 5.41) is 0. The highest BCUT2D eigenvalue weighted by Crippen LogP contribution is 2.58. The molecule has 0 aromatic heterocycles. The molecular formula is C24H24O8. The predicted molar refractivity (Wildman–Crippen MR) is 112 cm³/mol. The van der Waals surface area contributed by atoms with Crippen LogP contribution in [0.1, 0.15) is 36.5 Å². The summed E-state index contributed by atoms with van der Waals surface area (Å²) in [4.78, 5) is 24.7. The molecule has 8 nitrogen and oxygen atoms in total. The Hall–Kier alpha value is -3.42. The van der Waals surface area contributed by atoms with Crippen molar-refractivity contribution >= 4 is 11.9 Å². The maximum atomic E-state index is 13.1. The lowest BCUT2D eigenvalue weighted by Gasteiger charge is -2.41. The fraction of sp³-hybridized carbons (Fsp3) is 0.417. The number of benzene rings is 2. The van der Waals surface area contributed by atoms with Crippen molar-refractivity contribution in [3.8, 4) is 28.7 Å². The average molecular weight is 440 g/mol. The topological polar surface area (TPSA) is 89.5 Å². The highest BCUT2D eigenvalue weighted by molar-refractivity contribution is 5.83. The normalized spacial score (nSPS) is 24.9. The van der Waals surface area contributed by atoms with Crippen LogP contribution in [0, 0.1) is 11.3 Å². The van der Waals surface area contributed by atoms with Crippen LogP contribution in [0.4, 0.5) is 0 Å². The molecular weight excluding hydrogens is 416 g/mol. The van der Waals surface area contributed by atoms with Gasteiger partial charge in [0.2, 0.25) is 12.5 Å². The summed E-state index contributed by atoms with van der Waals surface area (Å²) in [5.74, 6) is 1.16. The Morgan fingerprint density at radius 2 is 1.69 bits per heavy atom. The van der Waals surface area contributed by atoms with E-state index in [-0.39, 0.29) is 30.3 Å². The zero-order valence-electron chi connectivity index (χ0n) is 18.4. The number of carbonyl (C=O) groups is 2. The summed E-state index contributed by atoms with van der Waals surface area (Å²) in [6.07, 6.45) is 0.699. The number of esters is 2. The van der Waals surface area contributed by atoms with E-state index in [4.69, 9.17) is 28.4 Å². The van der Waals surface area contributed by atoms with Gasteiger partial charge >= 0.3 is 11.9 Å². The zero-order valence-corrected chi connectivity index (χ0v) is 18.4. The minimum absolute atomic E-state index is 0.00185. The number of rotatable bonds is 4. The largest absolute Gasteiger partial charge is 0.493 e. The van der Waals surface area contributed by atoms with E-state index in [1.807, 2.05) is 19.1 Å². The minimum atomic E-state index is -0.792. The molecule has 1 saturated heterocycles. The summed E-state index contributed by atoms with van der Waals surface area (Å²) in [5.41, 5.74) is 2.05. The summed E-state index contributed by atoms with van der Waals surface area (Å²) < 4.78 is 33.2. The van der Waals surface area contributed by atoms with Crippen LogP contribution >= 0.6 is 0 Å². The summed E-state index contributed by atoms with van der Waals surface area (Å²) in [7, 11) is 2.99. The Labute approximate surface area is 185 Å². The van der Waals surface area contributed by atoms with Gasteiger partial charge in [0, 0.05) is 18.8 Å². The SMILES string of the molecule is COc1cc([C@@H]2c3cc4c(cc3C[C@@H]3COC(=O)[C@@]32C)OCO4)cc(OC)c1OC(C)=O. The van der Waals surface area contributed by atoms with Crippen LogP contribution in [0.3, 0.4) is 0 Å². The number of fused-ring (bicyclic) bond motifs is 3. The number of cyclic esters (lactones) is 1. The third kappa shape index (κ3) is 2.89. The summed E-state index contributed by atoms with van der Waals surface area (Å²) >= 11 is 0. The molecule has 1 aliphatic carbocycles. The first-order chi connectivity index (χ1) is 15.4. The van der Waals surface area contributed by atoms with Gasteiger partial charge in [0.25, 0.3) is 0 Å². The van der Waals surface area contributed by atoms with Crippen LogP contribution in [0.25, 0.3) is 0 Å². The Balaban J connectivity index is 1.74. The molecule has 2 aromatic carbocycles. The molecule has 0 unspecified atom stereocenters. The van der Waals surface area contributed by atoms with Crippen molar-refractivity contribution in [2.24, 2.45) is 11.3 Å². The standard InChI is InChI=1S/C24H24O8/c1-12(25)32-22-19(27-3)7-14(8-20(22)28-4)21-16-9-18-17(30-11-31-18)6-13(16)5-15-10-29-23(26)24(15,21)2/h6-9,15,21H,5,10-11H2,1-4H3/t15-,21-,24+/m1/s1. The molecule has 8 heteroatoms. The Bertz CT molecular complexity index is 1100. The highest BCUT2D eigenvalue weighted by atomic mass is 16.7. The van der Waals surface area contributed by atoms with E-state index in [9.17, 15) is 9.59 Å². The molecule has 0 N–H and O–H groups in total. The van der Waals surface area contributed by atoms with Crippen molar-refractivity contribution in [3.05, 3.63) is 41.0 Å². The fourth-order valence-electron chi connectivity index (χ4n) is 5.17. The first kappa shape index (κ1) is 20.5. The molecule has 0 radical (unpaired) electrons. The van der Waals surface area contributed by atoms with Gasteiger partial charge in [0.1, 0.15) is 0 Å². The Morgan fingerprint density at radius 3 is 2.31 bits per heavy atom. The number of hydrogen-bond donors (Lipinski definition) is 0. The number of carbonyl (C=O) groups excluding carboxylic acids is 2. The van der Waals surface area contributed by atoms with Gasteiger partial charge in [-0.3, -0.25) is 9.59 Å². The van der Waals surface area contributed by atoms with E-state index in [1.54, 1.807) is 12.1 Å².